The summed E-state index contributed by atoms with van der Waals surface area (Å²) in [5.74, 6) is 2.43. The highest BCUT2D eigenvalue weighted by Gasteiger charge is 2.21. The highest BCUT2D eigenvalue weighted by atomic mass is 16.3. The maximum Gasteiger partial charge on any atom is 0.132 e. The van der Waals surface area contributed by atoms with Gasteiger partial charge in [-0.15, -0.1) is 0 Å². The van der Waals surface area contributed by atoms with E-state index in [9.17, 15) is 0 Å². The van der Waals surface area contributed by atoms with Crippen LogP contribution < -0.4 is 10.6 Å². The fourth-order valence-electron chi connectivity index (χ4n) is 1.73. The van der Waals surface area contributed by atoms with Gasteiger partial charge in [-0.2, -0.15) is 0 Å². The topological polar surface area (TPSA) is 70.1 Å². The zero-order valence-electron chi connectivity index (χ0n) is 11.7. The number of aliphatic hydroxyl groups excluding tert-OH is 1. The van der Waals surface area contributed by atoms with Crippen LogP contribution in [0, 0.1) is 0 Å². The molecule has 1 rings (SSSR count). The zero-order valence-corrected chi connectivity index (χ0v) is 11.7. The van der Waals surface area contributed by atoms with E-state index in [1.54, 1.807) is 0 Å². The van der Waals surface area contributed by atoms with Crippen LogP contribution in [0.1, 0.15) is 39.4 Å². The van der Waals surface area contributed by atoms with Crippen LogP contribution in [0.15, 0.2) is 6.07 Å². The molecule has 1 aromatic heterocycles. The standard InChI is InChI=1S/C13H24N4O/c1-5-10-15-11(14-4)9-12(16-10)17-13(3,6-2)7-8-18/h9,18H,5-8H2,1-4H3,(H2,14,15,16,17). The van der Waals surface area contributed by atoms with E-state index in [1.807, 2.05) is 20.0 Å². The average Bonchev–Trinajstić information content (AvgIpc) is 2.38. The van der Waals surface area contributed by atoms with Crippen molar-refractivity contribution < 1.29 is 5.11 Å². The van der Waals surface area contributed by atoms with E-state index in [-0.39, 0.29) is 12.1 Å². The highest BCUT2D eigenvalue weighted by molar-refractivity contribution is 5.48. The molecule has 0 aliphatic heterocycles. The summed E-state index contributed by atoms with van der Waals surface area (Å²) in [4.78, 5) is 8.83. The highest BCUT2D eigenvalue weighted by Crippen LogP contribution is 2.22. The summed E-state index contributed by atoms with van der Waals surface area (Å²) in [6.45, 7) is 6.40. The predicted octanol–water partition coefficient (Wildman–Crippen LogP) is 2.04. The first-order valence-electron chi connectivity index (χ1n) is 6.51. The Morgan fingerprint density at radius 3 is 2.44 bits per heavy atom. The predicted molar refractivity (Wildman–Crippen MR) is 75.0 cm³/mol. The molecule has 1 unspecified atom stereocenters. The molecule has 0 bridgehead atoms. The largest absolute Gasteiger partial charge is 0.396 e. The van der Waals surface area contributed by atoms with Crippen molar-refractivity contribution in [3.63, 3.8) is 0 Å². The van der Waals surface area contributed by atoms with Gasteiger partial charge in [0.15, 0.2) is 0 Å². The third kappa shape index (κ3) is 3.84. The van der Waals surface area contributed by atoms with Crippen LogP contribution in [0.25, 0.3) is 0 Å². The second kappa shape index (κ2) is 6.54. The number of aromatic nitrogens is 2. The molecule has 0 saturated carbocycles. The van der Waals surface area contributed by atoms with Crippen LogP contribution >= 0.6 is 0 Å². The molecule has 0 saturated heterocycles. The molecule has 0 fully saturated rings. The van der Waals surface area contributed by atoms with Crippen molar-refractivity contribution in [2.45, 2.75) is 45.6 Å². The summed E-state index contributed by atoms with van der Waals surface area (Å²) < 4.78 is 0. The number of hydrogen-bond acceptors (Lipinski definition) is 5. The minimum atomic E-state index is -0.140. The number of anilines is 2. The monoisotopic (exact) mass is 252 g/mol. The second-order valence-electron chi connectivity index (χ2n) is 4.67. The maximum absolute atomic E-state index is 9.13. The van der Waals surface area contributed by atoms with E-state index in [0.29, 0.717) is 6.42 Å². The molecule has 102 valence electrons. The number of hydrogen-bond donors (Lipinski definition) is 3. The molecule has 0 spiro atoms. The summed E-state index contributed by atoms with van der Waals surface area (Å²) in [6, 6.07) is 1.89. The van der Waals surface area contributed by atoms with Crippen LogP contribution in [0.4, 0.5) is 11.6 Å². The normalized spacial score (nSPS) is 14.1. The smallest absolute Gasteiger partial charge is 0.132 e. The van der Waals surface area contributed by atoms with Crippen molar-refractivity contribution in [3.05, 3.63) is 11.9 Å². The van der Waals surface area contributed by atoms with Gasteiger partial charge in [0.25, 0.3) is 0 Å². The molecule has 0 radical (unpaired) electrons. The Kier molecular flexibility index (Phi) is 5.34. The molecule has 0 aliphatic rings. The Hall–Kier alpha value is -1.36. The average molecular weight is 252 g/mol. The molecule has 18 heavy (non-hydrogen) atoms. The van der Waals surface area contributed by atoms with Crippen LogP contribution in [0.2, 0.25) is 0 Å². The summed E-state index contributed by atoms with van der Waals surface area (Å²) in [6.07, 6.45) is 2.42. The fraction of sp³-hybridized carbons (Fsp3) is 0.692. The van der Waals surface area contributed by atoms with E-state index in [1.165, 1.54) is 0 Å². The van der Waals surface area contributed by atoms with Crippen molar-refractivity contribution in [2.75, 3.05) is 24.3 Å². The molecule has 1 aromatic rings. The first-order chi connectivity index (χ1) is 8.56. The Morgan fingerprint density at radius 2 is 1.94 bits per heavy atom. The van der Waals surface area contributed by atoms with Gasteiger partial charge < -0.3 is 15.7 Å². The van der Waals surface area contributed by atoms with E-state index in [0.717, 1.165) is 30.3 Å². The molecule has 5 nitrogen and oxygen atoms in total. The Morgan fingerprint density at radius 1 is 1.28 bits per heavy atom. The van der Waals surface area contributed by atoms with E-state index < -0.39 is 0 Å². The Labute approximate surface area is 109 Å². The molecule has 3 N–H and O–H groups in total. The quantitative estimate of drug-likeness (QED) is 0.693. The lowest BCUT2D eigenvalue weighted by Crippen LogP contribution is -2.35. The van der Waals surface area contributed by atoms with Gasteiger partial charge in [0.05, 0.1) is 0 Å². The molecule has 1 atom stereocenters. The van der Waals surface area contributed by atoms with Crippen LogP contribution in [-0.2, 0) is 6.42 Å². The Balaban J connectivity index is 2.94. The maximum atomic E-state index is 9.13. The zero-order chi connectivity index (χ0) is 13.6. The van der Waals surface area contributed by atoms with Gasteiger partial charge in [-0.25, -0.2) is 9.97 Å². The number of aliphatic hydroxyl groups is 1. The lowest BCUT2D eigenvalue weighted by molar-refractivity contribution is 0.252. The summed E-state index contributed by atoms with van der Waals surface area (Å²) >= 11 is 0. The van der Waals surface area contributed by atoms with Crippen molar-refractivity contribution in [1.82, 2.24) is 9.97 Å². The van der Waals surface area contributed by atoms with Gasteiger partial charge in [0, 0.05) is 31.7 Å². The summed E-state index contributed by atoms with van der Waals surface area (Å²) in [5.41, 5.74) is -0.140. The molecular formula is C13H24N4O. The van der Waals surface area contributed by atoms with E-state index in [2.05, 4.69) is 34.4 Å². The van der Waals surface area contributed by atoms with Crippen LogP contribution in [0.3, 0.4) is 0 Å². The molecule has 1 heterocycles. The minimum absolute atomic E-state index is 0.140. The SMILES string of the molecule is CCc1nc(NC)cc(NC(C)(CC)CCO)n1. The van der Waals surface area contributed by atoms with Crippen LogP contribution in [0.5, 0.6) is 0 Å². The van der Waals surface area contributed by atoms with Gasteiger partial charge in [-0.1, -0.05) is 13.8 Å². The number of nitrogens with zero attached hydrogens (tertiary/aromatic N) is 2. The lowest BCUT2D eigenvalue weighted by Gasteiger charge is -2.29. The first kappa shape index (κ1) is 14.7. The van der Waals surface area contributed by atoms with Crippen molar-refractivity contribution in [1.29, 1.82) is 0 Å². The molecule has 0 aromatic carbocycles. The van der Waals surface area contributed by atoms with Crippen molar-refractivity contribution in [3.8, 4) is 0 Å². The van der Waals surface area contributed by atoms with E-state index in [4.69, 9.17) is 5.11 Å². The van der Waals surface area contributed by atoms with Crippen molar-refractivity contribution in [2.24, 2.45) is 0 Å². The molecular weight excluding hydrogens is 228 g/mol. The van der Waals surface area contributed by atoms with Gasteiger partial charge in [-0.3, -0.25) is 0 Å². The first-order valence-corrected chi connectivity index (χ1v) is 6.51. The number of aryl methyl sites for hydroxylation is 1. The third-order valence-electron chi connectivity index (χ3n) is 3.22. The van der Waals surface area contributed by atoms with Gasteiger partial charge >= 0.3 is 0 Å². The van der Waals surface area contributed by atoms with Crippen molar-refractivity contribution >= 4 is 11.6 Å². The number of rotatable bonds is 7. The molecule has 0 amide bonds. The summed E-state index contributed by atoms with van der Waals surface area (Å²) in [7, 11) is 1.85. The second-order valence-corrected chi connectivity index (χ2v) is 4.67. The summed E-state index contributed by atoms with van der Waals surface area (Å²) in [5, 5.41) is 15.6. The Bertz CT molecular complexity index is 361. The lowest BCUT2D eigenvalue weighted by atomic mass is 9.95. The third-order valence-corrected chi connectivity index (χ3v) is 3.22. The van der Waals surface area contributed by atoms with Gasteiger partial charge in [0.1, 0.15) is 17.5 Å². The minimum Gasteiger partial charge on any atom is -0.396 e. The van der Waals surface area contributed by atoms with Crippen LogP contribution in [-0.4, -0.2) is 34.3 Å². The fourth-order valence-corrected chi connectivity index (χ4v) is 1.73. The van der Waals surface area contributed by atoms with E-state index >= 15 is 0 Å². The molecule has 0 aliphatic carbocycles. The van der Waals surface area contributed by atoms with Gasteiger partial charge in [-0.05, 0) is 19.8 Å². The number of nitrogens with one attached hydrogen (secondary N) is 2. The van der Waals surface area contributed by atoms with Gasteiger partial charge in [0.2, 0.25) is 0 Å². The molecule has 5 heteroatoms.